The highest BCUT2D eigenvalue weighted by molar-refractivity contribution is 5.94. The number of nitrogens with zero attached hydrogens (tertiary/aromatic N) is 1. The maximum Gasteiger partial charge on any atom is 0.254 e. The number of aliphatic hydroxyl groups excluding tert-OH is 1. The lowest BCUT2D eigenvalue weighted by molar-refractivity contribution is 0.0754. The van der Waals surface area contributed by atoms with Crippen molar-refractivity contribution in [2.24, 2.45) is 0 Å². The Morgan fingerprint density at radius 1 is 1.44 bits per heavy atom. The van der Waals surface area contributed by atoms with Gasteiger partial charge in [-0.1, -0.05) is 19.3 Å². The Labute approximate surface area is 105 Å². The van der Waals surface area contributed by atoms with Crippen LogP contribution in [0.25, 0.3) is 0 Å². The van der Waals surface area contributed by atoms with Crippen LogP contribution in [-0.4, -0.2) is 28.1 Å². The lowest BCUT2D eigenvalue weighted by atomic mass is 9.82. The number of rotatable bonds is 3. The fourth-order valence-corrected chi connectivity index (χ4v) is 2.42. The molecule has 1 saturated carbocycles. The first-order chi connectivity index (χ1) is 8.67. The smallest absolute Gasteiger partial charge is 0.254 e. The van der Waals surface area contributed by atoms with Crippen molar-refractivity contribution in [3.8, 4) is 0 Å². The lowest BCUT2D eigenvalue weighted by Gasteiger charge is -2.36. The van der Waals surface area contributed by atoms with Crippen LogP contribution in [0, 0.1) is 5.82 Å². The van der Waals surface area contributed by atoms with E-state index in [0.29, 0.717) is 0 Å². The van der Waals surface area contributed by atoms with Crippen LogP contribution in [-0.2, 0) is 0 Å². The van der Waals surface area contributed by atoms with Crippen LogP contribution in [0.2, 0.25) is 0 Å². The Balaban J connectivity index is 2.13. The van der Waals surface area contributed by atoms with Gasteiger partial charge in [0, 0.05) is 6.20 Å². The van der Waals surface area contributed by atoms with Gasteiger partial charge in [-0.05, 0) is 18.9 Å². The van der Waals surface area contributed by atoms with Gasteiger partial charge in [0.2, 0.25) is 0 Å². The SMILES string of the molecule is O=C(NC1(CO)CCCCC1)c1ccncc1F. The van der Waals surface area contributed by atoms with Crippen molar-refractivity contribution in [2.45, 2.75) is 37.6 Å². The first-order valence-corrected chi connectivity index (χ1v) is 6.20. The zero-order valence-electron chi connectivity index (χ0n) is 10.2. The van der Waals surface area contributed by atoms with Crippen molar-refractivity contribution in [1.82, 2.24) is 10.3 Å². The van der Waals surface area contributed by atoms with E-state index in [-0.39, 0.29) is 12.2 Å². The number of amides is 1. The number of pyridine rings is 1. The highest BCUT2D eigenvalue weighted by Gasteiger charge is 2.33. The van der Waals surface area contributed by atoms with Gasteiger partial charge in [-0.25, -0.2) is 4.39 Å². The lowest BCUT2D eigenvalue weighted by Crippen LogP contribution is -2.52. The Kier molecular flexibility index (Phi) is 3.91. The minimum atomic E-state index is -0.640. The standard InChI is InChI=1S/C13H17FN2O2/c14-11-8-15-7-4-10(11)12(18)16-13(9-17)5-2-1-3-6-13/h4,7-8,17H,1-3,5-6,9H2,(H,16,18). The summed E-state index contributed by atoms with van der Waals surface area (Å²) >= 11 is 0. The molecule has 18 heavy (non-hydrogen) atoms. The summed E-state index contributed by atoms with van der Waals surface area (Å²) in [6.45, 7) is -0.106. The summed E-state index contributed by atoms with van der Waals surface area (Å²) in [5.74, 6) is -1.12. The van der Waals surface area contributed by atoms with Crippen LogP contribution >= 0.6 is 0 Å². The molecule has 5 heteroatoms. The minimum Gasteiger partial charge on any atom is -0.394 e. The molecule has 0 bridgehead atoms. The van der Waals surface area contributed by atoms with Crippen molar-refractivity contribution in [3.05, 3.63) is 29.8 Å². The second-order valence-corrected chi connectivity index (χ2v) is 4.81. The average molecular weight is 252 g/mol. The predicted molar refractivity (Wildman–Crippen MR) is 64.6 cm³/mol. The number of carbonyl (C=O) groups is 1. The van der Waals surface area contributed by atoms with Crippen LogP contribution in [0.3, 0.4) is 0 Å². The van der Waals surface area contributed by atoms with E-state index in [9.17, 15) is 14.3 Å². The van der Waals surface area contributed by atoms with Crippen molar-refractivity contribution in [3.63, 3.8) is 0 Å². The zero-order valence-corrected chi connectivity index (χ0v) is 10.2. The summed E-state index contributed by atoms with van der Waals surface area (Å²) in [5.41, 5.74) is -0.617. The fourth-order valence-electron chi connectivity index (χ4n) is 2.42. The highest BCUT2D eigenvalue weighted by Crippen LogP contribution is 2.28. The quantitative estimate of drug-likeness (QED) is 0.859. The summed E-state index contributed by atoms with van der Waals surface area (Å²) in [4.78, 5) is 15.6. The van der Waals surface area contributed by atoms with E-state index in [4.69, 9.17) is 0 Å². The van der Waals surface area contributed by atoms with Crippen molar-refractivity contribution < 1.29 is 14.3 Å². The molecule has 4 nitrogen and oxygen atoms in total. The molecule has 1 amide bonds. The third kappa shape index (κ3) is 2.67. The molecule has 2 rings (SSSR count). The average Bonchev–Trinajstić information content (AvgIpc) is 2.40. The van der Waals surface area contributed by atoms with Gasteiger partial charge in [0.25, 0.3) is 5.91 Å². The zero-order chi connectivity index (χ0) is 13.0. The summed E-state index contributed by atoms with van der Waals surface area (Å²) < 4.78 is 13.4. The summed E-state index contributed by atoms with van der Waals surface area (Å²) in [6.07, 6.45) is 6.93. The molecule has 0 radical (unpaired) electrons. The first-order valence-electron chi connectivity index (χ1n) is 6.20. The number of halogens is 1. The number of nitrogens with one attached hydrogen (secondary N) is 1. The molecule has 0 aliphatic heterocycles. The first kappa shape index (κ1) is 13.0. The molecule has 1 fully saturated rings. The normalized spacial score (nSPS) is 18.3. The molecule has 1 aromatic rings. The number of aliphatic hydroxyl groups is 1. The largest absolute Gasteiger partial charge is 0.394 e. The maximum absolute atomic E-state index is 13.4. The third-order valence-corrected chi connectivity index (χ3v) is 3.51. The second-order valence-electron chi connectivity index (χ2n) is 4.81. The Morgan fingerprint density at radius 2 is 2.17 bits per heavy atom. The van der Waals surface area contributed by atoms with E-state index in [0.717, 1.165) is 38.3 Å². The second kappa shape index (κ2) is 5.44. The van der Waals surface area contributed by atoms with Gasteiger partial charge in [0.15, 0.2) is 5.82 Å². The molecule has 98 valence electrons. The molecule has 0 atom stereocenters. The van der Waals surface area contributed by atoms with E-state index < -0.39 is 17.3 Å². The molecule has 0 aromatic carbocycles. The van der Waals surface area contributed by atoms with Gasteiger partial charge >= 0.3 is 0 Å². The van der Waals surface area contributed by atoms with E-state index in [1.165, 1.54) is 12.3 Å². The van der Waals surface area contributed by atoms with Gasteiger partial charge in [-0.3, -0.25) is 9.78 Å². The minimum absolute atomic E-state index is 0.0246. The van der Waals surface area contributed by atoms with Crippen LogP contribution in [0.1, 0.15) is 42.5 Å². The number of aromatic nitrogens is 1. The molecule has 1 aromatic heterocycles. The molecule has 0 spiro atoms. The van der Waals surface area contributed by atoms with Crippen LogP contribution in [0.4, 0.5) is 4.39 Å². The molecule has 1 heterocycles. The summed E-state index contributed by atoms with van der Waals surface area (Å²) in [5, 5.41) is 12.3. The van der Waals surface area contributed by atoms with E-state index in [1.54, 1.807) is 0 Å². The molecular formula is C13H17FN2O2. The fraction of sp³-hybridized carbons (Fsp3) is 0.538. The van der Waals surface area contributed by atoms with Crippen LogP contribution < -0.4 is 5.32 Å². The molecule has 0 saturated heterocycles. The van der Waals surface area contributed by atoms with Crippen molar-refractivity contribution in [1.29, 1.82) is 0 Å². The number of hydrogen-bond donors (Lipinski definition) is 2. The highest BCUT2D eigenvalue weighted by atomic mass is 19.1. The Morgan fingerprint density at radius 3 is 2.78 bits per heavy atom. The van der Waals surface area contributed by atoms with Gasteiger partial charge in [-0.2, -0.15) is 0 Å². The van der Waals surface area contributed by atoms with E-state index >= 15 is 0 Å². The van der Waals surface area contributed by atoms with Gasteiger partial charge in [0.1, 0.15) is 0 Å². The molecule has 0 unspecified atom stereocenters. The Hall–Kier alpha value is -1.49. The van der Waals surface area contributed by atoms with Gasteiger partial charge in [0.05, 0.1) is 23.9 Å². The van der Waals surface area contributed by atoms with Crippen molar-refractivity contribution in [2.75, 3.05) is 6.61 Å². The number of hydrogen-bond acceptors (Lipinski definition) is 3. The van der Waals surface area contributed by atoms with E-state index in [2.05, 4.69) is 10.3 Å². The molecule has 2 N–H and O–H groups in total. The number of carbonyl (C=O) groups excluding carboxylic acids is 1. The Bertz CT molecular complexity index is 431. The predicted octanol–water partition coefficient (Wildman–Crippen LogP) is 1.65. The third-order valence-electron chi connectivity index (χ3n) is 3.51. The molecular weight excluding hydrogens is 235 g/mol. The van der Waals surface area contributed by atoms with Crippen molar-refractivity contribution >= 4 is 5.91 Å². The molecule has 1 aliphatic carbocycles. The van der Waals surface area contributed by atoms with Crippen LogP contribution in [0.15, 0.2) is 18.5 Å². The van der Waals surface area contributed by atoms with Gasteiger partial charge < -0.3 is 10.4 Å². The summed E-state index contributed by atoms with van der Waals surface area (Å²) in [7, 11) is 0. The maximum atomic E-state index is 13.4. The topological polar surface area (TPSA) is 62.2 Å². The molecule has 1 aliphatic rings. The monoisotopic (exact) mass is 252 g/mol. The van der Waals surface area contributed by atoms with E-state index in [1.807, 2.05) is 0 Å². The van der Waals surface area contributed by atoms with Gasteiger partial charge in [-0.15, -0.1) is 0 Å². The summed E-state index contributed by atoms with van der Waals surface area (Å²) in [6, 6.07) is 1.35. The van der Waals surface area contributed by atoms with Crippen LogP contribution in [0.5, 0.6) is 0 Å².